The van der Waals surface area contributed by atoms with Crippen molar-refractivity contribution in [3.05, 3.63) is 85.1 Å². The number of aromatic amines is 1. The van der Waals surface area contributed by atoms with Gasteiger partial charge in [-0.15, -0.1) is 10.2 Å². The largest absolute Gasteiger partial charge is 0.344 e. The second kappa shape index (κ2) is 6.17. The van der Waals surface area contributed by atoms with E-state index < -0.39 is 0 Å². The van der Waals surface area contributed by atoms with E-state index in [1.54, 1.807) is 18.5 Å². The van der Waals surface area contributed by atoms with Gasteiger partial charge in [0.2, 0.25) is 0 Å². The molecular weight excluding hydrogens is 341 g/mol. The highest BCUT2D eigenvalue weighted by molar-refractivity contribution is 5.78. The van der Waals surface area contributed by atoms with Crippen LogP contribution in [0.4, 0.5) is 4.39 Å². The van der Waals surface area contributed by atoms with Gasteiger partial charge < -0.3 is 4.98 Å². The molecule has 0 atom stereocenters. The van der Waals surface area contributed by atoms with Crippen LogP contribution in [0.15, 0.2) is 79.3 Å². The number of H-pyrrole nitrogens is 1. The Labute approximate surface area is 154 Å². The van der Waals surface area contributed by atoms with Crippen LogP contribution in [0, 0.1) is 5.82 Å². The fourth-order valence-electron chi connectivity index (χ4n) is 3.16. The molecule has 3 heterocycles. The van der Waals surface area contributed by atoms with E-state index in [0.717, 1.165) is 39.5 Å². The molecule has 27 heavy (non-hydrogen) atoms. The fraction of sp³-hybridized carbons (Fsp3) is 0. The molecule has 0 saturated carbocycles. The molecule has 3 aromatic heterocycles. The van der Waals surface area contributed by atoms with Gasteiger partial charge in [0.15, 0.2) is 11.5 Å². The molecule has 0 spiro atoms. The second-order valence-electron chi connectivity index (χ2n) is 6.17. The lowest BCUT2D eigenvalue weighted by molar-refractivity contribution is 0.628. The van der Waals surface area contributed by atoms with E-state index in [4.69, 9.17) is 0 Å². The molecule has 0 aliphatic rings. The third kappa shape index (κ3) is 2.67. The van der Waals surface area contributed by atoms with E-state index in [-0.39, 0.29) is 5.82 Å². The van der Waals surface area contributed by atoms with E-state index in [1.807, 2.05) is 53.1 Å². The number of rotatable bonds is 3. The summed E-state index contributed by atoms with van der Waals surface area (Å²) in [5, 5.41) is 8.57. The van der Waals surface area contributed by atoms with E-state index in [2.05, 4.69) is 20.2 Å². The Morgan fingerprint density at radius 1 is 0.778 bits per heavy atom. The average molecular weight is 355 g/mol. The predicted molar refractivity (Wildman–Crippen MR) is 101 cm³/mol. The summed E-state index contributed by atoms with van der Waals surface area (Å²) >= 11 is 0. The zero-order valence-corrected chi connectivity index (χ0v) is 14.2. The van der Waals surface area contributed by atoms with Crippen LogP contribution in [0.1, 0.15) is 0 Å². The summed E-state index contributed by atoms with van der Waals surface area (Å²) in [5.41, 5.74) is 5.16. The summed E-state index contributed by atoms with van der Waals surface area (Å²) in [6, 6.07) is 20.1. The molecule has 0 fully saturated rings. The van der Waals surface area contributed by atoms with Gasteiger partial charge in [-0.1, -0.05) is 30.3 Å². The summed E-state index contributed by atoms with van der Waals surface area (Å²) in [6.07, 6.45) is 3.61. The molecule has 0 unspecified atom stereocenters. The van der Waals surface area contributed by atoms with Crippen molar-refractivity contribution in [3.8, 4) is 33.9 Å². The first-order valence-electron chi connectivity index (χ1n) is 8.49. The highest BCUT2D eigenvalue weighted by Crippen LogP contribution is 2.30. The van der Waals surface area contributed by atoms with Crippen LogP contribution in [0.5, 0.6) is 0 Å². The summed E-state index contributed by atoms with van der Waals surface area (Å²) in [7, 11) is 0. The van der Waals surface area contributed by atoms with Gasteiger partial charge in [-0.25, -0.2) is 9.37 Å². The summed E-state index contributed by atoms with van der Waals surface area (Å²) < 4.78 is 15.2. The molecule has 1 N–H and O–H groups in total. The standard InChI is InChI=1S/C21H14FN5/c22-17-9-6-14(7-10-17)19-20(24-13-23-19)16-8-11-18-25-26-21(27(18)12-16)15-4-2-1-3-5-15/h1-13H,(H,23,24). The van der Waals surface area contributed by atoms with Crippen molar-refractivity contribution in [2.45, 2.75) is 0 Å². The van der Waals surface area contributed by atoms with Gasteiger partial charge in [-0.05, 0) is 36.4 Å². The highest BCUT2D eigenvalue weighted by atomic mass is 19.1. The van der Waals surface area contributed by atoms with Crippen molar-refractivity contribution in [1.82, 2.24) is 24.6 Å². The summed E-state index contributed by atoms with van der Waals surface area (Å²) in [6.45, 7) is 0. The van der Waals surface area contributed by atoms with E-state index in [9.17, 15) is 4.39 Å². The van der Waals surface area contributed by atoms with Crippen LogP contribution in [-0.4, -0.2) is 24.6 Å². The number of fused-ring (bicyclic) bond motifs is 1. The van der Waals surface area contributed by atoms with Gasteiger partial charge in [0.1, 0.15) is 5.82 Å². The molecule has 0 amide bonds. The van der Waals surface area contributed by atoms with Crippen LogP contribution < -0.4 is 0 Å². The number of halogens is 1. The number of pyridine rings is 1. The molecule has 2 aromatic carbocycles. The van der Waals surface area contributed by atoms with Gasteiger partial charge >= 0.3 is 0 Å². The van der Waals surface area contributed by atoms with E-state index >= 15 is 0 Å². The maximum absolute atomic E-state index is 13.3. The maximum atomic E-state index is 13.3. The van der Waals surface area contributed by atoms with Gasteiger partial charge in [-0.3, -0.25) is 4.40 Å². The molecular formula is C21H14FN5. The lowest BCUT2D eigenvalue weighted by atomic mass is 10.1. The molecule has 5 nitrogen and oxygen atoms in total. The van der Waals surface area contributed by atoms with E-state index in [0.29, 0.717) is 0 Å². The first-order valence-corrected chi connectivity index (χ1v) is 8.49. The Bertz CT molecular complexity index is 1220. The summed E-state index contributed by atoms with van der Waals surface area (Å²) in [5.74, 6) is 0.504. The average Bonchev–Trinajstić information content (AvgIpc) is 3.36. The lowest BCUT2D eigenvalue weighted by Gasteiger charge is -2.06. The van der Waals surface area contributed by atoms with Gasteiger partial charge in [0.25, 0.3) is 0 Å². The molecule has 5 aromatic rings. The molecule has 6 heteroatoms. The Kier molecular flexibility index (Phi) is 3.53. The van der Waals surface area contributed by atoms with Gasteiger partial charge in [-0.2, -0.15) is 0 Å². The summed E-state index contributed by atoms with van der Waals surface area (Å²) in [4.78, 5) is 7.63. The topological polar surface area (TPSA) is 58.9 Å². The number of nitrogens with one attached hydrogen (secondary N) is 1. The molecule has 0 radical (unpaired) electrons. The Balaban J connectivity index is 1.65. The maximum Gasteiger partial charge on any atom is 0.168 e. The van der Waals surface area contributed by atoms with Crippen LogP contribution in [-0.2, 0) is 0 Å². The number of nitrogens with zero attached hydrogens (tertiary/aromatic N) is 4. The number of aromatic nitrogens is 5. The molecule has 0 saturated heterocycles. The van der Waals surface area contributed by atoms with Crippen molar-refractivity contribution in [2.75, 3.05) is 0 Å². The molecule has 0 aliphatic heterocycles. The molecule has 0 bridgehead atoms. The number of benzene rings is 2. The number of hydrogen-bond donors (Lipinski definition) is 1. The van der Waals surface area contributed by atoms with Crippen LogP contribution in [0.2, 0.25) is 0 Å². The first kappa shape index (κ1) is 15.5. The SMILES string of the molecule is Fc1ccc(-c2[nH]cnc2-c2ccc3nnc(-c4ccccc4)n3c2)cc1. The van der Waals surface area contributed by atoms with E-state index in [1.165, 1.54) is 12.1 Å². The minimum absolute atomic E-state index is 0.266. The quantitative estimate of drug-likeness (QED) is 0.515. The zero-order chi connectivity index (χ0) is 18.2. The van der Waals surface area contributed by atoms with Crippen LogP contribution >= 0.6 is 0 Å². The van der Waals surface area contributed by atoms with Crippen LogP contribution in [0.25, 0.3) is 39.5 Å². The van der Waals surface area contributed by atoms with Crippen LogP contribution in [0.3, 0.4) is 0 Å². The first-order chi connectivity index (χ1) is 13.3. The molecule has 5 rings (SSSR count). The van der Waals surface area contributed by atoms with Gasteiger partial charge in [0.05, 0.1) is 17.7 Å². The second-order valence-corrected chi connectivity index (χ2v) is 6.17. The van der Waals surface area contributed by atoms with Gasteiger partial charge in [0, 0.05) is 22.9 Å². The van der Waals surface area contributed by atoms with Crippen molar-refractivity contribution in [1.29, 1.82) is 0 Å². The monoisotopic (exact) mass is 355 g/mol. The fourth-order valence-corrected chi connectivity index (χ4v) is 3.16. The third-order valence-electron chi connectivity index (χ3n) is 4.48. The number of hydrogen-bond acceptors (Lipinski definition) is 3. The van der Waals surface area contributed by atoms with Crippen molar-refractivity contribution in [2.24, 2.45) is 0 Å². The zero-order valence-electron chi connectivity index (χ0n) is 14.2. The smallest absolute Gasteiger partial charge is 0.168 e. The Hall–Kier alpha value is -3.80. The normalized spacial score (nSPS) is 11.1. The third-order valence-corrected chi connectivity index (χ3v) is 4.48. The Morgan fingerprint density at radius 3 is 2.37 bits per heavy atom. The number of imidazole rings is 1. The van der Waals surface area contributed by atoms with Crippen molar-refractivity contribution in [3.63, 3.8) is 0 Å². The minimum Gasteiger partial charge on any atom is -0.344 e. The molecule has 130 valence electrons. The molecule has 0 aliphatic carbocycles. The lowest BCUT2D eigenvalue weighted by Crippen LogP contribution is -1.92. The van der Waals surface area contributed by atoms with Crippen molar-refractivity contribution >= 4 is 5.65 Å². The highest BCUT2D eigenvalue weighted by Gasteiger charge is 2.14. The Morgan fingerprint density at radius 2 is 1.56 bits per heavy atom. The predicted octanol–water partition coefficient (Wildman–Crippen LogP) is 4.59. The van der Waals surface area contributed by atoms with Crippen molar-refractivity contribution < 1.29 is 4.39 Å². The minimum atomic E-state index is -0.266.